The Hall–Kier alpha value is -4.34. The molecule has 0 saturated heterocycles. The first-order valence-electron chi connectivity index (χ1n) is 12.3. The van der Waals surface area contributed by atoms with E-state index in [-0.39, 0.29) is 0 Å². The van der Waals surface area contributed by atoms with E-state index in [1.807, 2.05) is 67.6 Å². The highest BCUT2D eigenvalue weighted by Gasteiger charge is 2.08. The number of nitrogens with one attached hydrogen (secondary N) is 4. The molecule has 0 amide bonds. The molecule has 0 fully saturated rings. The molecule has 2 heterocycles. The van der Waals surface area contributed by atoms with Crippen molar-refractivity contribution >= 4 is 35.2 Å². The van der Waals surface area contributed by atoms with Gasteiger partial charge in [0, 0.05) is 30.9 Å². The van der Waals surface area contributed by atoms with E-state index in [0.29, 0.717) is 42.6 Å². The lowest BCUT2D eigenvalue weighted by Crippen LogP contribution is -2.13. The zero-order chi connectivity index (χ0) is 25.0. The van der Waals surface area contributed by atoms with E-state index in [9.17, 15) is 0 Å². The van der Waals surface area contributed by atoms with E-state index in [1.54, 1.807) is 0 Å². The van der Waals surface area contributed by atoms with Gasteiger partial charge in [-0.15, -0.1) is 0 Å². The normalized spacial score (nSPS) is 10.6. The van der Waals surface area contributed by atoms with Gasteiger partial charge in [0.15, 0.2) is 0 Å². The Labute approximate surface area is 211 Å². The van der Waals surface area contributed by atoms with Gasteiger partial charge in [-0.3, -0.25) is 0 Å². The summed E-state index contributed by atoms with van der Waals surface area (Å²) in [5, 5.41) is 13.1. The van der Waals surface area contributed by atoms with Crippen LogP contribution in [0.3, 0.4) is 0 Å². The second-order valence-electron chi connectivity index (χ2n) is 8.22. The molecule has 10 nitrogen and oxygen atoms in total. The van der Waals surface area contributed by atoms with E-state index in [2.05, 4.69) is 58.1 Å². The number of benzene rings is 2. The minimum atomic E-state index is 0.488. The second-order valence-corrected chi connectivity index (χ2v) is 8.22. The standard InChI is InChI=1S/C26H32N10/c1-3-4-17-27-23-34-24(36-26(35-23)32-21-14-9-6-10-15-21)28-18-11-16-22-29-19(2)30-25(33-22)31-20-12-7-5-8-13-20/h5-10,12-15H,3-4,11,16-18H2,1-2H3,(H,29,30,31,33)(H3,27,28,32,34,35,36). The van der Waals surface area contributed by atoms with Crippen LogP contribution >= 0.6 is 0 Å². The fourth-order valence-corrected chi connectivity index (χ4v) is 3.42. The number of aryl methyl sites for hydroxylation is 2. The zero-order valence-corrected chi connectivity index (χ0v) is 20.7. The van der Waals surface area contributed by atoms with Crippen LogP contribution in [0.5, 0.6) is 0 Å². The molecule has 4 N–H and O–H groups in total. The van der Waals surface area contributed by atoms with Crippen LogP contribution in [-0.4, -0.2) is 43.0 Å². The van der Waals surface area contributed by atoms with Gasteiger partial charge in [-0.2, -0.15) is 24.9 Å². The Morgan fingerprint density at radius 3 is 1.69 bits per heavy atom. The third-order valence-corrected chi connectivity index (χ3v) is 5.16. The van der Waals surface area contributed by atoms with E-state index in [4.69, 9.17) is 0 Å². The Bertz CT molecular complexity index is 1220. The summed E-state index contributed by atoms with van der Waals surface area (Å²) < 4.78 is 0. The van der Waals surface area contributed by atoms with Crippen molar-refractivity contribution in [2.45, 2.75) is 39.5 Å². The first-order chi connectivity index (χ1) is 17.7. The fraction of sp³-hybridized carbons (Fsp3) is 0.308. The lowest BCUT2D eigenvalue weighted by molar-refractivity contribution is 0.774. The molecule has 0 bridgehead atoms. The average Bonchev–Trinajstić information content (AvgIpc) is 2.88. The van der Waals surface area contributed by atoms with Gasteiger partial charge in [-0.05, 0) is 44.0 Å². The Kier molecular flexibility index (Phi) is 8.90. The summed E-state index contributed by atoms with van der Waals surface area (Å²) in [6, 6.07) is 19.7. The van der Waals surface area contributed by atoms with E-state index in [0.717, 1.165) is 43.0 Å². The van der Waals surface area contributed by atoms with Gasteiger partial charge in [0.05, 0.1) is 0 Å². The molecule has 36 heavy (non-hydrogen) atoms. The lowest BCUT2D eigenvalue weighted by atomic mass is 10.3. The van der Waals surface area contributed by atoms with Gasteiger partial charge in [-0.25, -0.2) is 4.98 Å². The van der Waals surface area contributed by atoms with Crippen molar-refractivity contribution in [1.82, 2.24) is 29.9 Å². The van der Waals surface area contributed by atoms with Gasteiger partial charge in [0.25, 0.3) is 0 Å². The van der Waals surface area contributed by atoms with Gasteiger partial charge in [-0.1, -0.05) is 49.7 Å². The maximum absolute atomic E-state index is 4.57. The van der Waals surface area contributed by atoms with Crippen molar-refractivity contribution in [1.29, 1.82) is 0 Å². The topological polar surface area (TPSA) is 125 Å². The third kappa shape index (κ3) is 7.86. The summed E-state index contributed by atoms with van der Waals surface area (Å²) in [6.07, 6.45) is 3.64. The molecular formula is C26H32N10. The molecule has 2 aromatic carbocycles. The summed E-state index contributed by atoms with van der Waals surface area (Å²) in [5.74, 6) is 3.52. The number of para-hydroxylation sites is 2. The molecule has 0 aliphatic carbocycles. The van der Waals surface area contributed by atoms with Crippen molar-refractivity contribution < 1.29 is 0 Å². The van der Waals surface area contributed by atoms with Crippen LogP contribution in [0.15, 0.2) is 60.7 Å². The smallest absolute Gasteiger partial charge is 0.233 e. The van der Waals surface area contributed by atoms with Crippen molar-refractivity contribution in [3.8, 4) is 0 Å². The Morgan fingerprint density at radius 2 is 1.11 bits per heavy atom. The Balaban J connectivity index is 1.36. The van der Waals surface area contributed by atoms with Crippen LogP contribution in [0.2, 0.25) is 0 Å². The molecule has 0 unspecified atom stereocenters. The second kappa shape index (κ2) is 12.9. The van der Waals surface area contributed by atoms with E-state index in [1.165, 1.54) is 0 Å². The van der Waals surface area contributed by atoms with Crippen LogP contribution in [0.25, 0.3) is 0 Å². The number of hydrogen-bond acceptors (Lipinski definition) is 10. The number of rotatable bonds is 13. The number of nitrogens with zero attached hydrogens (tertiary/aromatic N) is 6. The van der Waals surface area contributed by atoms with Crippen molar-refractivity contribution in [3.05, 3.63) is 72.3 Å². The summed E-state index contributed by atoms with van der Waals surface area (Å²) in [7, 11) is 0. The molecule has 10 heteroatoms. The van der Waals surface area contributed by atoms with Crippen molar-refractivity contribution in [2.75, 3.05) is 34.4 Å². The predicted octanol–water partition coefficient (Wildman–Crippen LogP) is 5.11. The predicted molar refractivity (Wildman–Crippen MR) is 144 cm³/mol. The van der Waals surface area contributed by atoms with E-state index >= 15 is 0 Å². The number of hydrogen-bond donors (Lipinski definition) is 4. The largest absolute Gasteiger partial charge is 0.354 e. The molecule has 0 atom stereocenters. The highest BCUT2D eigenvalue weighted by atomic mass is 15.3. The average molecular weight is 485 g/mol. The number of aromatic nitrogens is 6. The molecule has 0 aliphatic rings. The molecule has 186 valence electrons. The molecule has 4 rings (SSSR count). The first kappa shape index (κ1) is 24.8. The van der Waals surface area contributed by atoms with Crippen LogP contribution in [-0.2, 0) is 6.42 Å². The van der Waals surface area contributed by atoms with Gasteiger partial charge >= 0.3 is 0 Å². The lowest BCUT2D eigenvalue weighted by Gasteiger charge is -2.11. The highest BCUT2D eigenvalue weighted by Crippen LogP contribution is 2.16. The van der Waals surface area contributed by atoms with E-state index < -0.39 is 0 Å². The van der Waals surface area contributed by atoms with Gasteiger partial charge < -0.3 is 21.3 Å². The molecule has 4 aromatic rings. The summed E-state index contributed by atoms with van der Waals surface area (Å²) >= 11 is 0. The first-order valence-corrected chi connectivity index (χ1v) is 12.3. The molecule has 0 spiro atoms. The molecule has 2 aromatic heterocycles. The number of anilines is 6. The molecule has 0 saturated carbocycles. The number of unbranched alkanes of at least 4 members (excludes halogenated alkanes) is 1. The van der Waals surface area contributed by atoms with Gasteiger partial charge in [0.1, 0.15) is 11.6 Å². The summed E-state index contributed by atoms with van der Waals surface area (Å²) in [5.41, 5.74) is 1.85. The van der Waals surface area contributed by atoms with Gasteiger partial charge in [0.2, 0.25) is 23.8 Å². The van der Waals surface area contributed by atoms with Crippen LogP contribution in [0, 0.1) is 6.92 Å². The van der Waals surface area contributed by atoms with Crippen LogP contribution in [0.4, 0.5) is 35.2 Å². The highest BCUT2D eigenvalue weighted by molar-refractivity contribution is 5.55. The minimum absolute atomic E-state index is 0.488. The maximum atomic E-state index is 4.57. The SMILES string of the molecule is CCCCNc1nc(NCCCc2nc(C)nc(Nc3ccccc3)n2)nc(Nc2ccccc2)n1. The van der Waals surface area contributed by atoms with Crippen LogP contribution < -0.4 is 21.3 Å². The van der Waals surface area contributed by atoms with Crippen molar-refractivity contribution in [2.24, 2.45) is 0 Å². The van der Waals surface area contributed by atoms with Crippen LogP contribution in [0.1, 0.15) is 37.8 Å². The molecular weight excluding hydrogens is 452 g/mol. The Morgan fingerprint density at radius 1 is 0.583 bits per heavy atom. The van der Waals surface area contributed by atoms with Crippen molar-refractivity contribution in [3.63, 3.8) is 0 Å². The fourth-order valence-electron chi connectivity index (χ4n) is 3.42. The quantitative estimate of drug-likeness (QED) is 0.190. The summed E-state index contributed by atoms with van der Waals surface area (Å²) in [6.45, 7) is 5.50. The molecule has 0 radical (unpaired) electrons. The zero-order valence-electron chi connectivity index (χ0n) is 20.7. The monoisotopic (exact) mass is 484 g/mol. The third-order valence-electron chi connectivity index (χ3n) is 5.16. The molecule has 0 aliphatic heterocycles. The minimum Gasteiger partial charge on any atom is -0.354 e. The maximum Gasteiger partial charge on any atom is 0.233 e. The summed E-state index contributed by atoms with van der Waals surface area (Å²) in [4.78, 5) is 27.0.